The van der Waals surface area contributed by atoms with E-state index in [1.54, 1.807) is 6.20 Å². The number of carbonyl (C=O) groups excluding carboxylic acids is 1. The SMILES string of the molecule is CCOC(=O)C(Cc1cccc(C2CC2)c1)Nc1ncc(-c2ccccc2)nc1Cc1ccccc1. The van der Waals surface area contributed by atoms with Crippen molar-refractivity contribution in [2.24, 2.45) is 0 Å². The van der Waals surface area contributed by atoms with E-state index in [1.807, 2.05) is 55.5 Å². The molecule has 5 rings (SSSR count). The van der Waals surface area contributed by atoms with Crippen LogP contribution >= 0.6 is 0 Å². The molecule has 5 nitrogen and oxygen atoms in total. The lowest BCUT2D eigenvalue weighted by molar-refractivity contribution is -0.144. The zero-order valence-electron chi connectivity index (χ0n) is 20.6. The van der Waals surface area contributed by atoms with Gasteiger partial charge < -0.3 is 10.1 Å². The summed E-state index contributed by atoms with van der Waals surface area (Å²) in [6.45, 7) is 2.16. The smallest absolute Gasteiger partial charge is 0.328 e. The molecule has 1 aromatic heterocycles. The Kier molecular flexibility index (Phi) is 7.36. The number of esters is 1. The van der Waals surface area contributed by atoms with Crippen LogP contribution in [0.4, 0.5) is 5.82 Å². The summed E-state index contributed by atoms with van der Waals surface area (Å²) in [6, 6.07) is 28.2. The summed E-state index contributed by atoms with van der Waals surface area (Å²) in [7, 11) is 0. The molecule has 36 heavy (non-hydrogen) atoms. The quantitative estimate of drug-likeness (QED) is 0.276. The summed E-state index contributed by atoms with van der Waals surface area (Å²) < 4.78 is 5.44. The number of rotatable bonds is 10. The third-order valence-electron chi connectivity index (χ3n) is 6.45. The summed E-state index contributed by atoms with van der Waals surface area (Å²) in [6.07, 6.45) is 5.38. The summed E-state index contributed by atoms with van der Waals surface area (Å²) in [5, 5.41) is 3.40. The van der Waals surface area contributed by atoms with Crippen LogP contribution in [-0.4, -0.2) is 28.6 Å². The van der Waals surface area contributed by atoms with Gasteiger partial charge in [0.2, 0.25) is 0 Å². The van der Waals surface area contributed by atoms with Crippen molar-refractivity contribution in [1.29, 1.82) is 0 Å². The molecule has 1 heterocycles. The van der Waals surface area contributed by atoms with Gasteiger partial charge in [-0.3, -0.25) is 0 Å². The third-order valence-corrected chi connectivity index (χ3v) is 6.45. The van der Waals surface area contributed by atoms with Crippen LogP contribution in [0.3, 0.4) is 0 Å². The maximum absolute atomic E-state index is 13.0. The van der Waals surface area contributed by atoms with Crippen LogP contribution in [0.1, 0.15) is 48.1 Å². The molecule has 0 radical (unpaired) electrons. The van der Waals surface area contributed by atoms with Gasteiger partial charge in [0.05, 0.1) is 24.2 Å². The second kappa shape index (κ2) is 11.2. The first-order chi connectivity index (χ1) is 17.7. The molecule has 1 aliphatic rings. The number of carbonyl (C=O) groups is 1. The summed E-state index contributed by atoms with van der Waals surface area (Å²) in [4.78, 5) is 22.7. The molecule has 1 atom stereocenters. The zero-order chi connectivity index (χ0) is 24.7. The van der Waals surface area contributed by atoms with Crippen molar-refractivity contribution in [3.05, 3.63) is 114 Å². The van der Waals surface area contributed by atoms with Gasteiger partial charge in [-0.2, -0.15) is 0 Å². The van der Waals surface area contributed by atoms with Crippen molar-refractivity contribution < 1.29 is 9.53 Å². The lowest BCUT2D eigenvalue weighted by Crippen LogP contribution is -2.34. The van der Waals surface area contributed by atoms with Crippen LogP contribution in [0.2, 0.25) is 0 Å². The van der Waals surface area contributed by atoms with Gasteiger partial charge in [-0.25, -0.2) is 14.8 Å². The topological polar surface area (TPSA) is 64.1 Å². The maximum Gasteiger partial charge on any atom is 0.328 e. The fraction of sp³-hybridized carbons (Fsp3) is 0.258. The Labute approximate surface area is 212 Å². The van der Waals surface area contributed by atoms with Crippen molar-refractivity contribution in [3.63, 3.8) is 0 Å². The normalized spacial score (nSPS) is 13.7. The van der Waals surface area contributed by atoms with E-state index in [1.165, 1.54) is 18.4 Å². The molecule has 0 aliphatic heterocycles. The maximum atomic E-state index is 13.0. The number of benzene rings is 3. The first-order valence-electron chi connectivity index (χ1n) is 12.7. The van der Waals surface area contributed by atoms with Crippen LogP contribution in [-0.2, 0) is 22.4 Å². The van der Waals surface area contributed by atoms with Gasteiger partial charge >= 0.3 is 5.97 Å². The van der Waals surface area contributed by atoms with E-state index in [9.17, 15) is 4.79 Å². The second-order valence-corrected chi connectivity index (χ2v) is 9.25. The molecule has 0 amide bonds. The Hall–Kier alpha value is -3.99. The van der Waals surface area contributed by atoms with Crippen LogP contribution < -0.4 is 5.32 Å². The monoisotopic (exact) mass is 477 g/mol. The summed E-state index contributed by atoms with van der Waals surface area (Å²) in [5.74, 6) is 0.983. The van der Waals surface area contributed by atoms with E-state index in [-0.39, 0.29) is 5.97 Å². The molecular formula is C31H31N3O2. The largest absolute Gasteiger partial charge is 0.464 e. The van der Waals surface area contributed by atoms with Gasteiger partial charge in [-0.05, 0) is 42.4 Å². The van der Waals surface area contributed by atoms with Crippen LogP contribution in [0.25, 0.3) is 11.3 Å². The second-order valence-electron chi connectivity index (χ2n) is 9.25. The van der Waals surface area contributed by atoms with E-state index in [2.05, 4.69) is 41.7 Å². The number of ether oxygens (including phenoxy) is 1. The van der Waals surface area contributed by atoms with Crippen molar-refractivity contribution in [2.45, 2.75) is 44.6 Å². The minimum Gasteiger partial charge on any atom is -0.464 e. The number of nitrogens with zero attached hydrogens (tertiary/aromatic N) is 2. The number of anilines is 1. The number of hydrogen-bond acceptors (Lipinski definition) is 5. The molecule has 5 heteroatoms. The lowest BCUT2D eigenvalue weighted by atomic mass is 10.0. The average molecular weight is 478 g/mol. The Bertz CT molecular complexity index is 1300. The van der Waals surface area contributed by atoms with E-state index in [0.717, 1.165) is 28.1 Å². The molecule has 1 N–H and O–H groups in total. The molecule has 1 saturated carbocycles. The highest BCUT2D eigenvalue weighted by molar-refractivity contribution is 5.79. The first-order valence-corrected chi connectivity index (χ1v) is 12.7. The molecular weight excluding hydrogens is 446 g/mol. The van der Waals surface area contributed by atoms with Gasteiger partial charge in [0, 0.05) is 18.4 Å². The molecule has 1 unspecified atom stereocenters. The molecule has 3 aromatic carbocycles. The molecule has 0 saturated heterocycles. The van der Waals surface area contributed by atoms with Crippen LogP contribution in [0, 0.1) is 0 Å². The predicted molar refractivity (Wildman–Crippen MR) is 143 cm³/mol. The fourth-order valence-corrected chi connectivity index (χ4v) is 4.44. The van der Waals surface area contributed by atoms with Crippen molar-refractivity contribution in [2.75, 3.05) is 11.9 Å². The highest BCUT2D eigenvalue weighted by Crippen LogP contribution is 2.40. The van der Waals surface area contributed by atoms with Gasteiger partial charge in [-0.15, -0.1) is 0 Å². The zero-order valence-corrected chi connectivity index (χ0v) is 20.6. The highest BCUT2D eigenvalue weighted by atomic mass is 16.5. The van der Waals surface area contributed by atoms with Gasteiger partial charge in [0.25, 0.3) is 0 Å². The molecule has 0 bridgehead atoms. The van der Waals surface area contributed by atoms with Gasteiger partial charge in [0.1, 0.15) is 11.9 Å². The van der Waals surface area contributed by atoms with Crippen LogP contribution in [0.5, 0.6) is 0 Å². The minimum absolute atomic E-state index is 0.283. The van der Waals surface area contributed by atoms with E-state index >= 15 is 0 Å². The van der Waals surface area contributed by atoms with E-state index in [4.69, 9.17) is 14.7 Å². The lowest BCUT2D eigenvalue weighted by Gasteiger charge is -2.20. The van der Waals surface area contributed by atoms with Gasteiger partial charge in [0.15, 0.2) is 0 Å². The first kappa shape index (κ1) is 23.7. The standard InChI is InChI=1S/C31H31N3O2/c1-2-36-31(35)28(20-23-12-9-15-26(18-23)24-16-17-24)34-30-27(19-22-10-5-3-6-11-22)33-29(21-32-30)25-13-7-4-8-14-25/h3-15,18,21,24,28H,2,16-17,19-20H2,1H3,(H,32,34). The van der Waals surface area contributed by atoms with E-state index < -0.39 is 6.04 Å². The molecule has 0 spiro atoms. The summed E-state index contributed by atoms with van der Waals surface area (Å²) >= 11 is 0. The average Bonchev–Trinajstić information content (AvgIpc) is 3.76. The van der Waals surface area contributed by atoms with Crippen molar-refractivity contribution in [1.82, 2.24) is 9.97 Å². The Morgan fingerprint density at radius 1 is 0.972 bits per heavy atom. The minimum atomic E-state index is -0.564. The summed E-state index contributed by atoms with van der Waals surface area (Å²) in [5.41, 5.74) is 6.20. The Morgan fingerprint density at radius 2 is 1.69 bits per heavy atom. The van der Waals surface area contributed by atoms with E-state index in [0.29, 0.717) is 31.2 Å². The highest BCUT2D eigenvalue weighted by Gasteiger charge is 2.26. The predicted octanol–water partition coefficient (Wildman–Crippen LogP) is 6.20. The van der Waals surface area contributed by atoms with Gasteiger partial charge in [-0.1, -0.05) is 84.9 Å². The van der Waals surface area contributed by atoms with Crippen molar-refractivity contribution >= 4 is 11.8 Å². The molecule has 1 fully saturated rings. The number of hydrogen-bond donors (Lipinski definition) is 1. The van der Waals surface area contributed by atoms with Crippen LogP contribution in [0.15, 0.2) is 91.1 Å². The Morgan fingerprint density at radius 3 is 2.42 bits per heavy atom. The van der Waals surface area contributed by atoms with Crippen molar-refractivity contribution in [3.8, 4) is 11.3 Å². The number of nitrogens with one attached hydrogen (secondary N) is 1. The molecule has 182 valence electrons. The third kappa shape index (κ3) is 5.98. The molecule has 4 aromatic rings. The fourth-order valence-electron chi connectivity index (χ4n) is 4.44. The molecule has 1 aliphatic carbocycles. The number of aromatic nitrogens is 2. The Balaban J connectivity index is 1.46.